The summed E-state index contributed by atoms with van der Waals surface area (Å²) in [7, 11) is -4.86. The van der Waals surface area contributed by atoms with Gasteiger partial charge in [-0.1, -0.05) is 33.9 Å². The van der Waals surface area contributed by atoms with Crippen LogP contribution in [0.25, 0.3) is 0 Å². The fourth-order valence-electron chi connectivity index (χ4n) is 1.04. The Morgan fingerprint density at radius 3 is 2.35 bits per heavy atom. The first kappa shape index (κ1) is 14.8. The number of nitrogens with zero attached hydrogens (tertiary/aromatic N) is 1. The summed E-state index contributed by atoms with van der Waals surface area (Å²) in [4.78, 5) is 4.07. The van der Waals surface area contributed by atoms with Crippen LogP contribution in [-0.2, 0) is 9.92 Å². The molecule has 1 atom stereocenters. The minimum Gasteiger partial charge on any atom is -0.249 e. The number of rotatable bonds is 3. The summed E-state index contributed by atoms with van der Waals surface area (Å²) >= 11 is 1.33. The molecule has 0 aliphatic carbocycles. The van der Waals surface area contributed by atoms with E-state index in [2.05, 4.69) is 43.2 Å². The Morgan fingerprint density at radius 2 is 2.00 bits per heavy atom. The summed E-state index contributed by atoms with van der Waals surface area (Å²) < 4.78 is 24.1. The molecule has 0 fully saturated rings. The van der Waals surface area contributed by atoms with Gasteiger partial charge in [-0.3, -0.25) is 0 Å². The van der Waals surface area contributed by atoms with E-state index in [0.29, 0.717) is 4.21 Å². The van der Waals surface area contributed by atoms with Gasteiger partial charge in [0.2, 0.25) is 0 Å². The summed E-state index contributed by atoms with van der Waals surface area (Å²) in [5.41, 5.74) is 0. The van der Waals surface area contributed by atoms with Gasteiger partial charge in [-0.25, -0.2) is 18.4 Å². The van der Waals surface area contributed by atoms with Crippen LogP contribution < -0.4 is 4.39 Å². The van der Waals surface area contributed by atoms with E-state index in [1.54, 1.807) is 6.20 Å². The van der Waals surface area contributed by atoms with Crippen LogP contribution >= 0.6 is 11.3 Å². The first-order valence-corrected chi connectivity index (χ1v) is 10.8. The van der Waals surface area contributed by atoms with E-state index in [1.165, 1.54) is 11.3 Å². The Morgan fingerprint density at radius 1 is 1.47 bits per heavy atom. The number of aryl methyl sites for hydroxylation is 1. The summed E-state index contributed by atoms with van der Waals surface area (Å²) in [6.45, 7) is 12.4. The van der Waals surface area contributed by atoms with Crippen molar-refractivity contribution in [1.82, 2.24) is 9.37 Å². The summed E-state index contributed by atoms with van der Waals surface area (Å²) in [6.07, 6.45) is 1.55. The molecule has 0 aliphatic heterocycles. The second-order valence-corrected chi connectivity index (χ2v) is 14.3. The van der Waals surface area contributed by atoms with E-state index >= 15 is 0 Å². The molecule has 0 amide bonds. The fraction of sp³-hybridized carbons (Fsp3) is 0.700. The van der Waals surface area contributed by atoms with Gasteiger partial charge in [0.25, 0.3) is 0 Å². The molecular weight excluding hydrogens is 270 g/mol. The first-order valence-electron chi connectivity index (χ1n) is 5.46. The van der Waals surface area contributed by atoms with Crippen LogP contribution in [0.3, 0.4) is 0 Å². The molecule has 7 heteroatoms. The van der Waals surface area contributed by atoms with Crippen molar-refractivity contribution in [3.63, 3.8) is 0 Å². The van der Waals surface area contributed by atoms with Crippen LogP contribution in [0.2, 0.25) is 18.1 Å². The maximum absolute atomic E-state index is 12.4. The smallest absolute Gasteiger partial charge is 0.140 e. The molecule has 0 radical (unpaired) electrons. The van der Waals surface area contributed by atoms with E-state index in [4.69, 9.17) is 4.78 Å². The number of thiazole rings is 1. The zero-order valence-corrected chi connectivity index (χ0v) is 13.9. The Balaban J connectivity index is 3.03. The van der Waals surface area contributed by atoms with Gasteiger partial charge in [-0.05, 0) is 12.0 Å². The van der Waals surface area contributed by atoms with Gasteiger partial charge in [0.05, 0.1) is 11.2 Å². The quantitative estimate of drug-likeness (QED) is 0.839. The standard InChI is InChI=1S/C10H21N3OS2Si/c1-8-12-7-9(15-8)16(11,14)13-17(5,6)10(2,3)4/h7H,1-6H3,(H2,11,13,14). The molecule has 1 unspecified atom stereocenters. The van der Waals surface area contributed by atoms with Crippen molar-refractivity contribution in [2.75, 3.05) is 0 Å². The molecule has 2 N–H and O–H groups in total. The van der Waals surface area contributed by atoms with Gasteiger partial charge in [-0.2, -0.15) is 0 Å². The van der Waals surface area contributed by atoms with Gasteiger partial charge >= 0.3 is 0 Å². The van der Waals surface area contributed by atoms with Crippen LogP contribution in [0.15, 0.2) is 10.4 Å². The predicted molar refractivity (Wildman–Crippen MR) is 76.3 cm³/mol. The lowest BCUT2D eigenvalue weighted by Crippen LogP contribution is -2.53. The Hall–Kier alpha value is -0.243. The Kier molecular flexibility index (Phi) is 3.88. The molecule has 1 aromatic rings. The molecule has 0 saturated heterocycles. The lowest BCUT2D eigenvalue weighted by molar-refractivity contribution is 0.666. The van der Waals surface area contributed by atoms with Gasteiger partial charge in [-0.15, -0.1) is 11.3 Å². The molecule has 0 saturated carbocycles. The van der Waals surface area contributed by atoms with E-state index in [0.717, 1.165) is 5.01 Å². The van der Waals surface area contributed by atoms with Crippen LogP contribution in [0, 0.1) is 11.7 Å². The highest BCUT2D eigenvalue weighted by Gasteiger charge is 2.38. The zero-order valence-electron chi connectivity index (χ0n) is 11.2. The molecule has 0 spiro atoms. The van der Waals surface area contributed by atoms with E-state index in [1.807, 2.05) is 6.92 Å². The number of hydrogen-bond acceptors (Lipinski definition) is 4. The van der Waals surface area contributed by atoms with Crippen LogP contribution in [0.5, 0.6) is 0 Å². The van der Waals surface area contributed by atoms with Crippen molar-refractivity contribution in [3.8, 4) is 0 Å². The van der Waals surface area contributed by atoms with Crippen LogP contribution in [0.4, 0.5) is 0 Å². The molecule has 4 nitrogen and oxygen atoms in total. The predicted octanol–water partition coefficient (Wildman–Crippen LogP) is 3.37. The maximum Gasteiger partial charge on any atom is 0.140 e. The fourth-order valence-corrected chi connectivity index (χ4v) is 7.45. The van der Waals surface area contributed by atoms with Crippen molar-refractivity contribution >= 4 is 29.5 Å². The molecule has 98 valence electrons. The average Bonchev–Trinajstić information content (AvgIpc) is 2.48. The monoisotopic (exact) mass is 291 g/mol. The van der Waals surface area contributed by atoms with Gasteiger partial charge in [0, 0.05) is 0 Å². The van der Waals surface area contributed by atoms with Crippen LogP contribution in [-0.4, -0.2) is 17.4 Å². The second-order valence-electron chi connectivity index (χ2n) is 5.73. The van der Waals surface area contributed by atoms with E-state index < -0.39 is 18.2 Å². The summed E-state index contributed by atoms with van der Waals surface area (Å²) in [5, 5.41) is 0.896. The van der Waals surface area contributed by atoms with Crippen molar-refractivity contribution in [3.05, 3.63) is 11.2 Å². The molecule has 0 aliphatic rings. The second kappa shape index (κ2) is 4.45. The molecule has 0 bridgehead atoms. The van der Waals surface area contributed by atoms with Gasteiger partial charge < -0.3 is 0 Å². The Labute approximate surface area is 109 Å². The first-order chi connectivity index (χ1) is 7.46. The van der Waals surface area contributed by atoms with Gasteiger partial charge in [0.1, 0.15) is 22.4 Å². The molecule has 1 aromatic heterocycles. The largest absolute Gasteiger partial charge is 0.249 e. The average molecular weight is 292 g/mol. The van der Waals surface area contributed by atoms with Crippen molar-refractivity contribution in [2.24, 2.45) is 0 Å². The minimum absolute atomic E-state index is 0.0520. The molecular formula is C10H21N3OS2Si. The zero-order chi connectivity index (χ0) is 13.5. The minimum atomic E-state index is -2.91. The van der Waals surface area contributed by atoms with Crippen molar-refractivity contribution in [2.45, 2.75) is 50.0 Å². The van der Waals surface area contributed by atoms with E-state index in [9.17, 15) is 4.21 Å². The number of nitrogens with one attached hydrogen (secondary N) is 2. The van der Waals surface area contributed by atoms with E-state index in [-0.39, 0.29) is 5.04 Å². The third-order valence-electron chi connectivity index (χ3n) is 3.16. The third-order valence-corrected chi connectivity index (χ3v) is 12.4. The van der Waals surface area contributed by atoms with Crippen molar-refractivity contribution in [1.29, 1.82) is 4.78 Å². The van der Waals surface area contributed by atoms with Crippen LogP contribution in [0.1, 0.15) is 25.8 Å². The molecule has 17 heavy (non-hydrogen) atoms. The highest BCUT2D eigenvalue weighted by molar-refractivity contribution is 7.94. The molecule has 1 heterocycles. The number of hydrogen-bond donors (Lipinski definition) is 2. The SMILES string of the molecule is Cc1ncc(S(=N)(=O)N[Si](C)(C)C(C)(C)C)s1. The maximum atomic E-state index is 12.4. The summed E-state index contributed by atoms with van der Waals surface area (Å²) in [6, 6.07) is 0. The molecule has 0 aromatic carbocycles. The lowest BCUT2D eigenvalue weighted by atomic mass is 10.2. The number of aromatic nitrogens is 1. The van der Waals surface area contributed by atoms with Crippen molar-refractivity contribution < 1.29 is 4.21 Å². The summed E-state index contributed by atoms with van der Waals surface area (Å²) in [5.74, 6) is 0. The molecule has 1 rings (SSSR count). The topological polar surface area (TPSA) is 65.8 Å². The van der Waals surface area contributed by atoms with Gasteiger partial charge in [0.15, 0.2) is 0 Å². The highest BCUT2D eigenvalue weighted by Crippen LogP contribution is 2.35. The Bertz CT molecular complexity index is 500. The third kappa shape index (κ3) is 3.37. The normalized spacial score (nSPS) is 16.8. The highest BCUT2D eigenvalue weighted by atomic mass is 32.2. The lowest BCUT2D eigenvalue weighted by Gasteiger charge is -2.37.